The van der Waals surface area contributed by atoms with Gasteiger partial charge in [0.25, 0.3) is 0 Å². The molecule has 0 aliphatic carbocycles. The zero-order valence-corrected chi connectivity index (χ0v) is 16.2. The fraction of sp³-hybridized carbons (Fsp3) is 0.316. The smallest absolute Gasteiger partial charge is 0.344 e. The minimum atomic E-state index is -1.05. The lowest BCUT2D eigenvalue weighted by Crippen LogP contribution is -2.28. The molecule has 1 aromatic carbocycles. The van der Waals surface area contributed by atoms with Crippen LogP contribution in [0, 0.1) is 13.8 Å². The molecule has 0 saturated carbocycles. The Kier molecular flexibility index (Phi) is 6.63. The van der Waals surface area contributed by atoms with Crippen LogP contribution in [0.1, 0.15) is 39.0 Å². The van der Waals surface area contributed by atoms with Gasteiger partial charge in [0.15, 0.2) is 12.7 Å². The Labute approximate surface area is 161 Å². The lowest BCUT2D eigenvalue weighted by atomic mass is 10.1. The third-order valence-corrected chi connectivity index (χ3v) is 4.17. The van der Waals surface area contributed by atoms with Crippen molar-refractivity contribution in [2.75, 3.05) is 13.7 Å². The minimum absolute atomic E-state index is 0.201. The van der Waals surface area contributed by atoms with Crippen molar-refractivity contribution in [1.29, 1.82) is 0 Å². The molecule has 144 valence electrons. The minimum Gasteiger partial charge on any atom is -0.482 e. The van der Waals surface area contributed by atoms with E-state index in [1.165, 1.54) is 14.0 Å². The maximum atomic E-state index is 12.6. The molecule has 0 saturated heterocycles. The van der Waals surface area contributed by atoms with E-state index >= 15 is 0 Å². The highest BCUT2D eigenvalue weighted by Crippen LogP contribution is 2.21. The molecule has 0 aliphatic rings. The SMILES string of the molecule is COC(=O)c1c(C)[nH]c(C(=O)[C@@H](C)OC(=O)COc2ccc(Cl)cc2)c1C. The summed E-state index contributed by atoms with van der Waals surface area (Å²) < 4.78 is 15.1. The molecule has 1 heterocycles. The second-order valence-corrected chi connectivity index (χ2v) is 6.29. The standard InChI is InChI=1S/C19H20ClNO6/c1-10-16(19(24)25-4)11(2)21-17(10)18(23)12(3)27-15(22)9-26-14-7-5-13(20)6-8-14/h5-8,12,21H,9H2,1-4H3/t12-/m1/s1. The molecule has 8 heteroatoms. The van der Waals surface area contributed by atoms with Gasteiger partial charge in [0.1, 0.15) is 5.75 Å². The molecule has 2 rings (SSSR count). The summed E-state index contributed by atoms with van der Waals surface area (Å²) in [4.78, 5) is 39.2. The van der Waals surface area contributed by atoms with Crippen LogP contribution in [0.15, 0.2) is 24.3 Å². The Bertz CT molecular complexity index is 856. The molecule has 1 aromatic heterocycles. The van der Waals surface area contributed by atoms with Crippen molar-refractivity contribution in [2.45, 2.75) is 26.9 Å². The van der Waals surface area contributed by atoms with Gasteiger partial charge < -0.3 is 19.2 Å². The molecule has 2 aromatic rings. The Balaban J connectivity index is 2.00. The third-order valence-electron chi connectivity index (χ3n) is 3.92. The Hall–Kier alpha value is -2.80. The second-order valence-electron chi connectivity index (χ2n) is 5.86. The molecule has 1 atom stereocenters. The average Bonchev–Trinajstić information content (AvgIpc) is 2.94. The third kappa shape index (κ3) is 4.89. The summed E-state index contributed by atoms with van der Waals surface area (Å²) in [6.45, 7) is 4.39. The number of ether oxygens (including phenoxy) is 3. The van der Waals surface area contributed by atoms with Crippen molar-refractivity contribution in [3.63, 3.8) is 0 Å². The van der Waals surface area contributed by atoms with Gasteiger partial charge in [0.2, 0.25) is 5.78 Å². The number of methoxy groups -OCH3 is 1. The molecule has 0 unspecified atom stereocenters. The quantitative estimate of drug-likeness (QED) is 0.573. The van der Waals surface area contributed by atoms with Gasteiger partial charge in [-0.25, -0.2) is 9.59 Å². The fourth-order valence-corrected chi connectivity index (χ4v) is 2.69. The molecular formula is C19H20ClNO6. The number of aromatic nitrogens is 1. The molecule has 0 aliphatic heterocycles. The summed E-state index contributed by atoms with van der Waals surface area (Å²) in [6, 6.07) is 6.49. The Morgan fingerprint density at radius 3 is 2.37 bits per heavy atom. The molecule has 7 nitrogen and oxygen atoms in total. The van der Waals surface area contributed by atoms with Crippen LogP contribution in [0.3, 0.4) is 0 Å². The van der Waals surface area contributed by atoms with Crippen molar-refractivity contribution in [1.82, 2.24) is 4.98 Å². The van der Waals surface area contributed by atoms with E-state index in [4.69, 9.17) is 25.8 Å². The zero-order chi connectivity index (χ0) is 20.1. The molecule has 0 bridgehead atoms. The number of hydrogen-bond donors (Lipinski definition) is 1. The number of nitrogens with one attached hydrogen (secondary N) is 1. The number of esters is 2. The predicted molar refractivity (Wildman–Crippen MR) is 98.4 cm³/mol. The first kappa shape index (κ1) is 20.5. The van der Waals surface area contributed by atoms with Gasteiger partial charge in [-0.2, -0.15) is 0 Å². The van der Waals surface area contributed by atoms with E-state index in [9.17, 15) is 14.4 Å². The van der Waals surface area contributed by atoms with Crippen LogP contribution < -0.4 is 4.74 Å². The summed E-state index contributed by atoms with van der Waals surface area (Å²) in [5.74, 6) is -1.24. The van der Waals surface area contributed by atoms with Crippen LogP contribution in [0.25, 0.3) is 0 Å². The lowest BCUT2D eigenvalue weighted by molar-refractivity contribution is -0.148. The summed E-state index contributed by atoms with van der Waals surface area (Å²) in [7, 11) is 1.26. The largest absolute Gasteiger partial charge is 0.482 e. The number of aryl methyl sites for hydroxylation is 1. The molecule has 0 spiro atoms. The number of carbonyl (C=O) groups excluding carboxylic acids is 3. The number of aromatic amines is 1. The summed E-state index contributed by atoms with van der Waals surface area (Å²) in [5, 5.41) is 0.548. The van der Waals surface area contributed by atoms with E-state index in [0.29, 0.717) is 27.6 Å². The highest BCUT2D eigenvalue weighted by Gasteiger charge is 2.27. The fourth-order valence-electron chi connectivity index (χ4n) is 2.57. The monoisotopic (exact) mass is 393 g/mol. The zero-order valence-electron chi connectivity index (χ0n) is 15.4. The van der Waals surface area contributed by atoms with Gasteiger partial charge in [-0.1, -0.05) is 11.6 Å². The number of benzene rings is 1. The molecule has 27 heavy (non-hydrogen) atoms. The van der Waals surface area contributed by atoms with Gasteiger partial charge in [0, 0.05) is 10.7 Å². The number of ketones is 1. The van der Waals surface area contributed by atoms with Gasteiger partial charge in [-0.15, -0.1) is 0 Å². The number of carbonyl (C=O) groups is 3. The van der Waals surface area contributed by atoms with Gasteiger partial charge >= 0.3 is 11.9 Å². The van der Waals surface area contributed by atoms with Crippen LogP contribution in [-0.4, -0.2) is 42.5 Å². The van der Waals surface area contributed by atoms with Crippen LogP contribution in [0.2, 0.25) is 5.02 Å². The summed E-state index contributed by atoms with van der Waals surface area (Å²) in [5.41, 5.74) is 1.45. The average molecular weight is 394 g/mol. The maximum absolute atomic E-state index is 12.6. The van der Waals surface area contributed by atoms with Gasteiger partial charge in [0.05, 0.1) is 18.4 Å². The Morgan fingerprint density at radius 1 is 1.15 bits per heavy atom. The molecular weight excluding hydrogens is 374 g/mol. The number of Topliss-reactive ketones (excluding diaryl/α,β-unsaturated/α-hetero) is 1. The van der Waals surface area contributed by atoms with Crippen LogP contribution >= 0.6 is 11.6 Å². The normalized spacial score (nSPS) is 11.6. The van der Waals surface area contributed by atoms with E-state index in [0.717, 1.165) is 0 Å². The van der Waals surface area contributed by atoms with E-state index in [1.54, 1.807) is 38.1 Å². The van der Waals surface area contributed by atoms with Crippen molar-refractivity contribution in [2.24, 2.45) is 0 Å². The van der Waals surface area contributed by atoms with E-state index in [-0.39, 0.29) is 12.3 Å². The van der Waals surface area contributed by atoms with Crippen LogP contribution in [0.4, 0.5) is 0 Å². The van der Waals surface area contributed by atoms with E-state index in [2.05, 4.69) is 4.98 Å². The highest BCUT2D eigenvalue weighted by molar-refractivity contribution is 6.30. The van der Waals surface area contributed by atoms with Crippen LogP contribution in [0.5, 0.6) is 5.75 Å². The number of H-pyrrole nitrogens is 1. The number of hydrogen-bond acceptors (Lipinski definition) is 6. The molecule has 0 fully saturated rings. The first-order valence-corrected chi connectivity index (χ1v) is 8.52. The molecule has 0 radical (unpaired) electrons. The maximum Gasteiger partial charge on any atom is 0.344 e. The van der Waals surface area contributed by atoms with Crippen molar-refractivity contribution < 1.29 is 28.6 Å². The lowest BCUT2D eigenvalue weighted by Gasteiger charge is -2.13. The summed E-state index contributed by atoms with van der Waals surface area (Å²) in [6.07, 6.45) is -1.05. The first-order chi connectivity index (χ1) is 12.7. The molecule has 0 amide bonds. The highest BCUT2D eigenvalue weighted by atomic mass is 35.5. The topological polar surface area (TPSA) is 94.7 Å². The van der Waals surface area contributed by atoms with E-state index < -0.39 is 23.8 Å². The Morgan fingerprint density at radius 2 is 1.78 bits per heavy atom. The van der Waals surface area contributed by atoms with Crippen molar-refractivity contribution in [3.05, 3.63) is 51.8 Å². The van der Waals surface area contributed by atoms with Gasteiger partial charge in [-0.3, -0.25) is 4.79 Å². The van der Waals surface area contributed by atoms with Crippen molar-refractivity contribution in [3.8, 4) is 5.75 Å². The predicted octanol–water partition coefficient (Wildman–Crippen LogP) is 3.26. The number of rotatable bonds is 7. The van der Waals surface area contributed by atoms with Crippen molar-refractivity contribution >= 4 is 29.3 Å². The van der Waals surface area contributed by atoms with E-state index in [1.807, 2.05) is 0 Å². The number of halogens is 1. The van der Waals surface area contributed by atoms with Gasteiger partial charge in [-0.05, 0) is 50.6 Å². The second kappa shape index (κ2) is 8.73. The summed E-state index contributed by atoms with van der Waals surface area (Å²) >= 11 is 5.77. The van der Waals surface area contributed by atoms with Crippen LogP contribution in [-0.2, 0) is 14.3 Å². The molecule has 1 N–H and O–H groups in total. The first-order valence-electron chi connectivity index (χ1n) is 8.14.